The van der Waals surface area contributed by atoms with Crippen LogP contribution in [-0.2, 0) is 0 Å². The van der Waals surface area contributed by atoms with Crippen molar-refractivity contribution < 1.29 is 4.39 Å². The van der Waals surface area contributed by atoms with Gasteiger partial charge in [-0.05, 0) is 37.5 Å². The zero-order valence-electron chi connectivity index (χ0n) is 6.71. The van der Waals surface area contributed by atoms with Crippen molar-refractivity contribution in [2.75, 3.05) is 6.67 Å². The van der Waals surface area contributed by atoms with Gasteiger partial charge in [-0.25, -0.2) is 0 Å². The van der Waals surface area contributed by atoms with E-state index in [1.807, 2.05) is 0 Å². The lowest BCUT2D eigenvalue weighted by Gasteiger charge is -2.68. The molecule has 3 fully saturated rings. The fraction of sp³-hybridized carbons (Fsp3) is 1.00. The molecule has 2 heteroatoms. The van der Waals surface area contributed by atoms with E-state index < -0.39 is 0 Å². The van der Waals surface area contributed by atoms with Crippen molar-refractivity contribution in [3.05, 3.63) is 0 Å². The van der Waals surface area contributed by atoms with Crippen LogP contribution in [0.1, 0.15) is 38.5 Å². The molecule has 0 heterocycles. The third-order valence-electron chi connectivity index (χ3n) is 3.17. The predicted octanol–water partition coefficient (Wildman–Crippen LogP) is 3.48. The van der Waals surface area contributed by atoms with E-state index in [4.69, 9.17) is 0 Å². The summed E-state index contributed by atoms with van der Waals surface area (Å²) in [5, 5.41) is 0. The summed E-state index contributed by atoms with van der Waals surface area (Å²) in [5.41, 5.74) is 0.705. The van der Waals surface area contributed by atoms with Gasteiger partial charge in [0.05, 0.1) is 6.67 Å². The molecule has 0 aromatic heterocycles. The van der Waals surface area contributed by atoms with Gasteiger partial charge in [-0.15, -0.1) is 0 Å². The minimum Gasteiger partial charge on any atom is -0.251 e. The van der Waals surface area contributed by atoms with Gasteiger partial charge >= 0.3 is 0 Å². The minimum absolute atomic E-state index is 0.120. The molecule has 0 amide bonds. The number of alkyl halides is 2. The third-order valence-corrected chi connectivity index (χ3v) is 4.31. The quantitative estimate of drug-likeness (QED) is 0.416. The average molecular weight is 268 g/mol. The van der Waals surface area contributed by atoms with Crippen molar-refractivity contribution in [1.82, 2.24) is 0 Å². The zero-order chi connectivity index (χ0) is 7.95. The molecule has 3 aliphatic carbocycles. The molecule has 0 radical (unpaired) electrons. The van der Waals surface area contributed by atoms with Crippen LogP contribution in [-0.4, -0.2) is 10.1 Å². The maximum atomic E-state index is 11.8. The lowest BCUT2D eigenvalue weighted by atomic mass is 9.43. The molecule has 3 saturated carbocycles. The fourth-order valence-corrected chi connectivity index (χ4v) is 5.15. The van der Waals surface area contributed by atoms with E-state index in [9.17, 15) is 4.39 Å². The molecule has 0 saturated heterocycles. The predicted molar refractivity (Wildman–Crippen MR) is 52.9 cm³/mol. The second-order valence-corrected chi connectivity index (χ2v) is 6.62. The molecule has 64 valence electrons. The Morgan fingerprint density at radius 2 is 1.82 bits per heavy atom. The Hall–Kier alpha value is 0.660. The molecule has 0 aliphatic heterocycles. The van der Waals surface area contributed by atoms with E-state index in [0.29, 0.717) is 8.84 Å². The van der Waals surface area contributed by atoms with Gasteiger partial charge in [-0.1, -0.05) is 29.0 Å². The molecule has 2 bridgehead atoms. The Morgan fingerprint density at radius 1 is 1.18 bits per heavy atom. The number of hydrogen-bond acceptors (Lipinski definition) is 0. The van der Waals surface area contributed by atoms with Crippen LogP contribution in [0, 0.1) is 5.41 Å². The maximum Gasteiger partial charge on any atom is 0.0894 e. The Bertz CT molecular complexity index is 147. The van der Waals surface area contributed by atoms with Gasteiger partial charge in [0.15, 0.2) is 0 Å². The second-order valence-electron chi connectivity index (χ2n) is 4.33. The maximum absolute atomic E-state index is 11.8. The highest BCUT2D eigenvalue weighted by Gasteiger charge is 2.65. The molecular formula is C9H14FI. The molecule has 3 aliphatic rings. The highest BCUT2D eigenvalue weighted by atomic mass is 127. The summed E-state index contributed by atoms with van der Waals surface area (Å²) in [6, 6.07) is 0. The van der Waals surface area contributed by atoms with Crippen LogP contribution < -0.4 is 0 Å². The smallest absolute Gasteiger partial charge is 0.0894 e. The fourth-order valence-electron chi connectivity index (χ4n) is 2.72. The second kappa shape index (κ2) is 2.57. The molecular weight excluding hydrogens is 254 g/mol. The van der Waals surface area contributed by atoms with Gasteiger partial charge in [0.1, 0.15) is 0 Å². The van der Waals surface area contributed by atoms with Crippen LogP contribution in [0.3, 0.4) is 0 Å². The molecule has 11 heavy (non-hydrogen) atoms. The van der Waals surface area contributed by atoms with E-state index >= 15 is 0 Å². The first-order valence-electron chi connectivity index (χ1n) is 4.43. The highest BCUT2D eigenvalue weighted by molar-refractivity contribution is 14.1. The zero-order valence-corrected chi connectivity index (χ0v) is 8.86. The topological polar surface area (TPSA) is 0 Å². The Morgan fingerprint density at radius 3 is 2.27 bits per heavy atom. The highest BCUT2D eigenvalue weighted by Crippen LogP contribution is 2.73. The Kier molecular flexibility index (Phi) is 1.93. The molecule has 0 aromatic carbocycles. The van der Waals surface area contributed by atoms with E-state index in [1.165, 1.54) is 25.7 Å². The first-order chi connectivity index (χ1) is 5.18. The summed E-state index contributed by atoms with van der Waals surface area (Å²) in [7, 11) is 0. The van der Waals surface area contributed by atoms with Crippen molar-refractivity contribution in [3.63, 3.8) is 0 Å². The number of hydrogen-bond donors (Lipinski definition) is 0. The van der Waals surface area contributed by atoms with Crippen LogP contribution in [0.15, 0.2) is 0 Å². The van der Waals surface area contributed by atoms with Crippen molar-refractivity contribution in [2.24, 2.45) is 5.41 Å². The van der Waals surface area contributed by atoms with E-state index in [0.717, 1.165) is 12.8 Å². The van der Waals surface area contributed by atoms with Crippen LogP contribution in [0.4, 0.5) is 4.39 Å². The molecule has 0 unspecified atom stereocenters. The van der Waals surface area contributed by atoms with Crippen LogP contribution in [0.5, 0.6) is 0 Å². The summed E-state index contributed by atoms with van der Waals surface area (Å²) in [5.74, 6) is 0. The Balaban J connectivity index is 1.66. The molecule has 3 rings (SSSR count). The number of rotatable bonds is 4. The van der Waals surface area contributed by atoms with Crippen molar-refractivity contribution >= 4 is 22.6 Å². The number of unbranched alkanes of at least 4 members (excludes halogenated alkanes) is 1. The third kappa shape index (κ3) is 1.31. The molecule has 0 spiro atoms. The Labute approximate surface area is 81.1 Å². The lowest BCUT2D eigenvalue weighted by Crippen LogP contribution is -2.62. The van der Waals surface area contributed by atoms with Gasteiger partial charge in [0, 0.05) is 3.42 Å². The summed E-state index contributed by atoms with van der Waals surface area (Å²) in [6.07, 6.45) is 7.47. The lowest BCUT2D eigenvalue weighted by molar-refractivity contribution is -0.0712. The SMILES string of the molecule is FCCCCC12CC(I)(C1)C2. The van der Waals surface area contributed by atoms with Gasteiger partial charge < -0.3 is 0 Å². The number of halogens is 2. The molecule has 0 aromatic rings. The van der Waals surface area contributed by atoms with Gasteiger partial charge in [0.25, 0.3) is 0 Å². The summed E-state index contributed by atoms with van der Waals surface area (Å²) in [6.45, 7) is -0.120. The van der Waals surface area contributed by atoms with Crippen molar-refractivity contribution in [1.29, 1.82) is 0 Å². The summed E-state index contributed by atoms with van der Waals surface area (Å²) in [4.78, 5) is 0. The van der Waals surface area contributed by atoms with E-state index in [2.05, 4.69) is 22.6 Å². The van der Waals surface area contributed by atoms with E-state index in [-0.39, 0.29) is 6.67 Å². The van der Waals surface area contributed by atoms with E-state index in [1.54, 1.807) is 0 Å². The normalized spacial score (nSPS) is 46.4. The summed E-state index contributed by atoms with van der Waals surface area (Å²) < 4.78 is 12.5. The molecule has 0 N–H and O–H groups in total. The van der Waals surface area contributed by atoms with Crippen LogP contribution >= 0.6 is 22.6 Å². The first-order valence-corrected chi connectivity index (χ1v) is 5.51. The van der Waals surface area contributed by atoms with Crippen LogP contribution in [0.2, 0.25) is 0 Å². The first kappa shape index (κ1) is 8.27. The standard InChI is InChI=1S/C9H14FI/c10-4-2-1-3-8-5-9(11,6-8)7-8/h1-7H2. The van der Waals surface area contributed by atoms with Crippen molar-refractivity contribution in [3.8, 4) is 0 Å². The van der Waals surface area contributed by atoms with Crippen LogP contribution in [0.25, 0.3) is 0 Å². The average Bonchev–Trinajstić information content (AvgIpc) is 1.82. The van der Waals surface area contributed by atoms with Gasteiger partial charge in [-0.3, -0.25) is 4.39 Å². The van der Waals surface area contributed by atoms with Gasteiger partial charge in [0.2, 0.25) is 0 Å². The molecule has 0 nitrogen and oxygen atoms in total. The minimum atomic E-state index is -0.120. The largest absolute Gasteiger partial charge is 0.251 e. The monoisotopic (exact) mass is 268 g/mol. The van der Waals surface area contributed by atoms with Crippen molar-refractivity contribution in [2.45, 2.75) is 41.9 Å². The summed E-state index contributed by atoms with van der Waals surface area (Å²) >= 11 is 2.59. The molecule has 0 atom stereocenters. The van der Waals surface area contributed by atoms with Gasteiger partial charge in [-0.2, -0.15) is 0 Å².